The van der Waals surface area contributed by atoms with E-state index in [1.54, 1.807) is 12.1 Å². The lowest BCUT2D eigenvalue weighted by molar-refractivity contribution is -0.885. The van der Waals surface area contributed by atoms with E-state index in [4.69, 9.17) is 0 Å². The van der Waals surface area contributed by atoms with Crippen molar-refractivity contribution in [1.82, 2.24) is 0 Å². The Morgan fingerprint density at radius 3 is 2.79 bits per heavy atom. The first-order valence-electron chi connectivity index (χ1n) is 9.55. The average Bonchev–Trinajstić information content (AvgIpc) is 2.98. The Hall–Kier alpha value is -2.50. The van der Waals surface area contributed by atoms with Crippen LogP contribution in [-0.4, -0.2) is 26.1 Å². The maximum Gasteiger partial charge on any atom is 0.387 e. The van der Waals surface area contributed by atoms with Crippen LogP contribution in [0.4, 0.5) is 13.8 Å². The summed E-state index contributed by atoms with van der Waals surface area (Å²) in [6.45, 7) is 0.157. The number of nitriles is 1. The SMILES string of the molecule is C[C@@H]1CCc2c(sc(NC(=O)C[NH+](C)Cc3ccc(OC(F)F)cc3)c2C#N)C1. The highest BCUT2D eigenvalue weighted by atomic mass is 32.1. The van der Waals surface area contributed by atoms with Gasteiger partial charge in [-0.2, -0.15) is 14.0 Å². The van der Waals surface area contributed by atoms with E-state index in [2.05, 4.69) is 23.0 Å². The number of carbonyl (C=O) groups excluding carboxylic acids is 1. The van der Waals surface area contributed by atoms with Crippen molar-refractivity contribution in [3.8, 4) is 11.8 Å². The van der Waals surface area contributed by atoms with Gasteiger partial charge in [0, 0.05) is 10.4 Å². The highest BCUT2D eigenvalue weighted by Crippen LogP contribution is 2.39. The summed E-state index contributed by atoms with van der Waals surface area (Å²) in [4.78, 5) is 14.6. The van der Waals surface area contributed by atoms with Crippen LogP contribution < -0.4 is 15.0 Å². The van der Waals surface area contributed by atoms with E-state index in [0.29, 0.717) is 23.0 Å². The van der Waals surface area contributed by atoms with Crippen molar-refractivity contribution in [3.05, 3.63) is 45.8 Å². The lowest BCUT2D eigenvalue weighted by Crippen LogP contribution is -3.08. The first-order valence-corrected chi connectivity index (χ1v) is 10.4. The van der Waals surface area contributed by atoms with Crippen LogP contribution in [0.3, 0.4) is 0 Å². The molecule has 1 unspecified atom stereocenters. The summed E-state index contributed by atoms with van der Waals surface area (Å²) in [7, 11) is 1.88. The third-order valence-corrected chi connectivity index (χ3v) is 6.16. The van der Waals surface area contributed by atoms with E-state index >= 15 is 0 Å². The molecule has 2 atom stereocenters. The summed E-state index contributed by atoms with van der Waals surface area (Å²) in [5, 5.41) is 13.1. The van der Waals surface area contributed by atoms with Gasteiger partial charge in [0.15, 0.2) is 6.54 Å². The summed E-state index contributed by atoms with van der Waals surface area (Å²) in [5.41, 5.74) is 2.62. The Morgan fingerprint density at radius 1 is 1.41 bits per heavy atom. The smallest absolute Gasteiger partial charge is 0.387 e. The minimum absolute atomic E-state index is 0.110. The summed E-state index contributed by atoms with van der Waals surface area (Å²) < 4.78 is 28.8. The number of benzene rings is 1. The number of anilines is 1. The van der Waals surface area contributed by atoms with Crippen molar-refractivity contribution in [1.29, 1.82) is 5.26 Å². The number of fused-ring (bicyclic) bond motifs is 1. The Bertz CT molecular complexity index is 906. The van der Waals surface area contributed by atoms with E-state index in [1.165, 1.54) is 28.3 Å². The van der Waals surface area contributed by atoms with Gasteiger partial charge in [0.25, 0.3) is 5.91 Å². The number of carbonyl (C=O) groups is 1. The molecule has 1 heterocycles. The first kappa shape index (κ1) is 21.2. The third-order valence-electron chi connectivity index (χ3n) is 4.99. The Kier molecular flexibility index (Phi) is 6.83. The van der Waals surface area contributed by atoms with Crippen LogP contribution in [-0.2, 0) is 24.2 Å². The number of thiophene rings is 1. The van der Waals surface area contributed by atoms with E-state index in [9.17, 15) is 18.8 Å². The van der Waals surface area contributed by atoms with E-state index in [-0.39, 0.29) is 18.2 Å². The number of halogens is 2. The lowest BCUT2D eigenvalue weighted by atomic mass is 9.89. The van der Waals surface area contributed by atoms with Crippen LogP contribution in [0.15, 0.2) is 24.3 Å². The van der Waals surface area contributed by atoms with Gasteiger partial charge in [0.05, 0.1) is 12.6 Å². The normalized spacial score (nSPS) is 16.8. The minimum Gasteiger partial charge on any atom is -0.435 e. The first-order chi connectivity index (χ1) is 13.9. The van der Waals surface area contributed by atoms with Crippen molar-refractivity contribution < 1.29 is 23.2 Å². The number of nitrogens with zero attached hydrogens (tertiary/aromatic N) is 1. The molecule has 0 bridgehead atoms. The molecule has 0 aliphatic heterocycles. The molecule has 5 nitrogen and oxygen atoms in total. The maximum atomic E-state index is 12.5. The molecule has 1 aliphatic rings. The van der Waals surface area contributed by atoms with Crippen LogP contribution in [0.2, 0.25) is 0 Å². The maximum absolute atomic E-state index is 12.5. The Morgan fingerprint density at radius 2 is 2.14 bits per heavy atom. The molecule has 0 spiro atoms. The second kappa shape index (κ2) is 9.33. The highest BCUT2D eigenvalue weighted by Gasteiger charge is 2.25. The number of hydrogen-bond donors (Lipinski definition) is 2. The Balaban J connectivity index is 1.57. The van der Waals surface area contributed by atoms with Gasteiger partial charge in [0.1, 0.15) is 23.4 Å². The van der Waals surface area contributed by atoms with Crippen molar-refractivity contribution >= 4 is 22.2 Å². The topological polar surface area (TPSA) is 66.6 Å². The minimum atomic E-state index is -2.85. The molecule has 154 valence electrons. The number of quaternary nitrogens is 1. The van der Waals surface area contributed by atoms with E-state index in [1.807, 2.05) is 7.05 Å². The van der Waals surface area contributed by atoms with Gasteiger partial charge >= 0.3 is 6.61 Å². The van der Waals surface area contributed by atoms with Gasteiger partial charge in [-0.05, 0) is 55.0 Å². The molecule has 0 fully saturated rings. The lowest BCUT2D eigenvalue weighted by Gasteiger charge is -2.17. The number of rotatable bonds is 7. The second-order valence-electron chi connectivity index (χ2n) is 7.55. The summed E-state index contributed by atoms with van der Waals surface area (Å²) in [6, 6.07) is 8.66. The molecule has 2 aromatic rings. The standard InChI is InChI=1S/C21H23F2N3O2S/c1-13-3-8-16-17(10-24)20(29-18(16)9-13)25-19(27)12-26(2)11-14-4-6-15(7-5-14)28-21(22)23/h4-7,13,21H,3,8-9,11-12H2,1-2H3,(H,25,27)/p+1/t13-/m1/s1. The van der Waals surface area contributed by atoms with E-state index < -0.39 is 6.61 Å². The van der Waals surface area contributed by atoms with Crippen LogP contribution in [0.1, 0.15) is 34.9 Å². The molecule has 2 N–H and O–H groups in total. The average molecular weight is 421 g/mol. The molecule has 1 amide bonds. The fourth-order valence-corrected chi connectivity index (χ4v) is 4.98. The predicted molar refractivity (Wildman–Crippen MR) is 107 cm³/mol. The van der Waals surface area contributed by atoms with Crippen LogP contribution in [0.5, 0.6) is 5.75 Å². The Labute approximate surface area is 172 Å². The number of nitrogens with one attached hydrogen (secondary N) is 2. The van der Waals surface area contributed by atoms with Crippen molar-refractivity contribution in [2.75, 3.05) is 18.9 Å². The summed E-state index contributed by atoms with van der Waals surface area (Å²) >= 11 is 1.52. The van der Waals surface area contributed by atoms with Gasteiger partial charge in [0.2, 0.25) is 0 Å². The molecule has 1 aromatic carbocycles. The number of amides is 1. The number of alkyl halides is 2. The summed E-state index contributed by atoms with van der Waals surface area (Å²) in [5.74, 6) is 0.562. The molecule has 1 aromatic heterocycles. The van der Waals surface area contributed by atoms with Crippen molar-refractivity contribution in [3.63, 3.8) is 0 Å². The molecule has 8 heteroatoms. The predicted octanol–water partition coefficient (Wildman–Crippen LogP) is 3.00. The highest BCUT2D eigenvalue weighted by molar-refractivity contribution is 7.16. The number of ether oxygens (including phenoxy) is 1. The molecule has 0 radical (unpaired) electrons. The van der Waals surface area contributed by atoms with Gasteiger partial charge in [-0.25, -0.2) is 0 Å². The zero-order chi connectivity index (χ0) is 21.0. The summed E-state index contributed by atoms with van der Waals surface area (Å²) in [6.07, 6.45) is 2.92. The van der Waals surface area contributed by atoms with Crippen LogP contribution >= 0.6 is 11.3 Å². The van der Waals surface area contributed by atoms with Crippen LogP contribution in [0.25, 0.3) is 0 Å². The second-order valence-corrected chi connectivity index (χ2v) is 8.65. The molecule has 0 saturated heterocycles. The number of hydrogen-bond acceptors (Lipinski definition) is 4. The zero-order valence-electron chi connectivity index (χ0n) is 16.4. The van der Waals surface area contributed by atoms with Gasteiger partial charge in [-0.15, -0.1) is 11.3 Å². The van der Waals surface area contributed by atoms with Gasteiger partial charge < -0.3 is 15.0 Å². The molecule has 1 aliphatic carbocycles. The molecule has 3 rings (SSSR count). The third kappa shape index (κ3) is 5.52. The molecular formula is C21H24F2N3O2S+. The zero-order valence-corrected chi connectivity index (χ0v) is 17.2. The van der Waals surface area contributed by atoms with Crippen LogP contribution in [0, 0.1) is 17.2 Å². The molecule has 29 heavy (non-hydrogen) atoms. The number of likely N-dealkylation sites (N-methyl/N-ethyl adjacent to an activating group) is 1. The van der Waals surface area contributed by atoms with Crippen molar-refractivity contribution in [2.24, 2.45) is 5.92 Å². The largest absolute Gasteiger partial charge is 0.435 e. The van der Waals surface area contributed by atoms with E-state index in [0.717, 1.165) is 35.3 Å². The fourth-order valence-electron chi connectivity index (χ4n) is 3.60. The van der Waals surface area contributed by atoms with Gasteiger partial charge in [-0.1, -0.05) is 6.92 Å². The monoisotopic (exact) mass is 420 g/mol. The quantitative estimate of drug-likeness (QED) is 0.724. The molecule has 0 saturated carbocycles. The van der Waals surface area contributed by atoms with Gasteiger partial charge in [-0.3, -0.25) is 4.79 Å². The van der Waals surface area contributed by atoms with Crippen molar-refractivity contribution in [2.45, 2.75) is 39.3 Å². The molecular weight excluding hydrogens is 396 g/mol. The fraction of sp³-hybridized carbons (Fsp3) is 0.429.